The molecule has 2 rings (SSSR count). The second-order valence-electron chi connectivity index (χ2n) is 4.25. The predicted octanol–water partition coefficient (Wildman–Crippen LogP) is 0.126. The van der Waals surface area contributed by atoms with E-state index < -0.39 is 12.9 Å². The monoisotopic (exact) mass is 264 g/mol. The van der Waals surface area contributed by atoms with Crippen molar-refractivity contribution >= 4 is 12.6 Å². The Morgan fingerprint density at radius 2 is 2.11 bits per heavy atom. The lowest BCUT2D eigenvalue weighted by Crippen LogP contribution is -2.31. The van der Waals surface area contributed by atoms with Crippen LogP contribution in [0.2, 0.25) is 0 Å². The molecule has 1 aromatic carbocycles. The summed E-state index contributed by atoms with van der Waals surface area (Å²) in [6.07, 6.45) is 0. The van der Waals surface area contributed by atoms with E-state index in [1.165, 1.54) is 6.07 Å². The highest BCUT2D eigenvalue weighted by molar-refractivity contribution is 6.59. The molecule has 0 spiro atoms. The Bertz CT molecular complexity index is 586. The smallest absolute Gasteiger partial charge is 0.488 e. The number of halogens is 1. The Hall–Kier alpha value is -1.86. The minimum atomic E-state index is -1.70. The van der Waals surface area contributed by atoms with E-state index in [2.05, 4.69) is 5.10 Å². The van der Waals surface area contributed by atoms with Crippen molar-refractivity contribution in [3.8, 4) is 5.75 Å². The quantitative estimate of drug-likeness (QED) is 0.770. The average molecular weight is 264 g/mol. The molecule has 0 saturated carbocycles. The number of rotatable bonds is 4. The number of benzene rings is 1. The van der Waals surface area contributed by atoms with Crippen molar-refractivity contribution in [3.05, 3.63) is 41.5 Å². The third-order valence-corrected chi connectivity index (χ3v) is 2.73. The van der Waals surface area contributed by atoms with Gasteiger partial charge in [-0.15, -0.1) is 0 Å². The normalized spacial score (nSPS) is 10.6. The van der Waals surface area contributed by atoms with Crippen molar-refractivity contribution in [2.45, 2.75) is 13.5 Å². The van der Waals surface area contributed by atoms with Gasteiger partial charge in [0.2, 0.25) is 0 Å². The first-order chi connectivity index (χ1) is 8.97. The summed E-state index contributed by atoms with van der Waals surface area (Å²) in [5, 5.41) is 22.5. The lowest BCUT2D eigenvalue weighted by atomic mass is 9.79. The van der Waals surface area contributed by atoms with E-state index in [-0.39, 0.29) is 17.8 Å². The Labute approximate surface area is 110 Å². The molecule has 0 fully saturated rings. The zero-order valence-electron chi connectivity index (χ0n) is 10.7. The number of ether oxygens (including phenoxy) is 1. The average Bonchev–Trinajstić information content (AvgIpc) is 2.65. The van der Waals surface area contributed by atoms with Gasteiger partial charge in [0.05, 0.1) is 11.4 Å². The third kappa shape index (κ3) is 3.13. The zero-order chi connectivity index (χ0) is 14.0. The van der Waals surface area contributed by atoms with Gasteiger partial charge in [-0.3, -0.25) is 4.68 Å². The molecule has 7 heteroatoms. The predicted molar refractivity (Wildman–Crippen MR) is 68.5 cm³/mol. The van der Waals surface area contributed by atoms with Crippen LogP contribution in [0.5, 0.6) is 5.75 Å². The maximum Gasteiger partial charge on any atom is 0.492 e. The fourth-order valence-corrected chi connectivity index (χ4v) is 1.80. The molecular weight excluding hydrogens is 250 g/mol. The van der Waals surface area contributed by atoms with Crippen molar-refractivity contribution in [3.63, 3.8) is 0 Å². The molecule has 0 saturated heterocycles. The van der Waals surface area contributed by atoms with Crippen LogP contribution < -0.4 is 10.2 Å². The van der Waals surface area contributed by atoms with Crippen LogP contribution in [0.15, 0.2) is 24.3 Å². The van der Waals surface area contributed by atoms with Gasteiger partial charge >= 0.3 is 7.12 Å². The SMILES string of the molecule is Cc1cc(COc2cc(F)ccc2B(O)O)n(C)n1. The van der Waals surface area contributed by atoms with E-state index in [1.807, 2.05) is 13.0 Å². The molecule has 0 bridgehead atoms. The molecule has 100 valence electrons. The molecule has 0 aliphatic carbocycles. The Morgan fingerprint density at radius 1 is 1.37 bits per heavy atom. The molecule has 0 unspecified atom stereocenters. The van der Waals surface area contributed by atoms with Gasteiger partial charge < -0.3 is 14.8 Å². The number of aryl methyl sites for hydroxylation is 2. The molecule has 19 heavy (non-hydrogen) atoms. The molecule has 2 aromatic rings. The summed E-state index contributed by atoms with van der Waals surface area (Å²) >= 11 is 0. The molecule has 0 aliphatic rings. The number of nitrogens with zero attached hydrogens (tertiary/aromatic N) is 2. The van der Waals surface area contributed by atoms with E-state index in [9.17, 15) is 14.4 Å². The van der Waals surface area contributed by atoms with E-state index in [0.29, 0.717) is 0 Å². The molecule has 0 radical (unpaired) electrons. The molecule has 0 atom stereocenters. The lowest BCUT2D eigenvalue weighted by Gasteiger charge is -2.11. The first kappa shape index (κ1) is 13.6. The minimum Gasteiger partial charge on any atom is -0.488 e. The van der Waals surface area contributed by atoms with Gasteiger partial charge in [-0.1, -0.05) is 6.07 Å². The fourth-order valence-electron chi connectivity index (χ4n) is 1.80. The van der Waals surface area contributed by atoms with Crippen LogP contribution in [0.4, 0.5) is 4.39 Å². The van der Waals surface area contributed by atoms with Crippen molar-refractivity contribution < 1.29 is 19.2 Å². The highest BCUT2D eigenvalue weighted by atomic mass is 19.1. The zero-order valence-corrected chi connectivity index (χ0v) is 10.7. The Kier molecular flexibility index (Phi) is 3.87. The second kappa shape index (κ2) is 5.42. The van der Waals surface area contributed by atoms with E-state index in [4.69, 9.17) is 4.74 Å². The topological polar surface area (TPSA) is 67.5 Å². The summed E-state index contributed by atoms with van der Waals surface area (Å²) in [7, 11) is 0.0721. The maximum atomic E-state index is 13.2. The minimum absolute atomic E-state index is 0.105. The molecule has 0 amide bonds. The van der Waals surface area contributed by atoms with Crippen LogP contribution in [0.25, 0.3) is 0 Å². The summed E-state index contributed by atoms with van der Waals surface area (Å²) in [5.41, 5.74) is 1.78. The van der Waals surface area contributed by atoms with Gasteiger partial charge in [-0.25, -0.2) is 4.39 Å². The van der Waals surface area contributed by atoms with Crippen LogP contribution >= 0.6 is 0 Å². The molecule has 5 nitrogen and oxygen atoms in total. The van der Waals surface area contributed by atoms with Crippen LogP contribution in [0.3, 0.4) is 0 Å². The molecule has 2 N–H and O–H groups in total. The summed E-state index contributed by atoms with van der Waals surface area (Å²) in [5.74, 6) is -0.394. The maximum absolute atomic E-state index is 13.2. The number of aromatic nitrogens is 2. The van der Waals surface area contributed by atoms with E-state index >= 15 is 0 Å². The van der Waals surface area contributed by atoms with Gasteiger partial charge in [0.1, 0.15) is 18.2 Å². The second-order valence-corrected chi connectivity index (χ2v) is 4.25. The van der Waals surface area contributed by atoms with Crippen LogP contribution in [-0.2, 0) is 13.7 Å². The van der Waals surface area contributed by atoms with Crippen molar-refractivity contribution in [2.75, 3.05) is 0 Å². The van der Waals surface area contributed by atoms with Crippen LogP contribution in [0, 0.1) is 12.7 Å². The standard InChI is InChI=1S/C12H14BFN2O3/c1-8-5-10(16(2)15-8)7-19-12-6-9(14)3-4-11(12)13(17)18/h3-6,17-18H,7H2,1-2H3. The first-order valence-electron chi connectivity index (χ1n) is 5.75. The van der Waals surface area contributed by atoms with Crippen molar-refractivity contribution in [1.82, 2.24) is 9.78 Å². The summed E-state index contributed by atoms with van der Waals surface area (Å²) in [6.45, 7) is 2.02. The highest BCUT2D eigenvalue weighted by Gasteiger charge is 2.18. The van der Waals surface area contributed by atoms with Gasteiger partial charge in [-0.2, -0.15) is 5.10 Å². The molecular formula is C12H14BFN2O3. The summed E-state index contributed by atoms with van der Waals surface area (Å²) in [6, 6.07) is 5.39. The van der Waals surface area contributed by atoms with Crippen LogP contribution in [-0.4, -0.2) is 26.9 Å². The van der Waals surface area contributed by atoms with Crippen LogP contribution in [0.1, 0.15) is 11.4 Å². The van der Waals surface area contributed by atoms with Crippen molar-refractivity contribution in [1.29, 1.82) is 0 Å². The lowest BCUT2D eigenvalue weighted by molar-refractivity contribution is 0.294. The fraction of sp³-hybridized carbons (Fsp3) is 0.250. The van der Waals surface area contributed by atoms with Gasteiger partial charge in [0.15, 0.2) is 0 Å². The third-order valence-electron chi connectivity index (χ3n) is 2.73. The van der Waals surface area contributed by atoms with Gasteiger partial charge in [0, 0.05) is 18.6 Å². The molecule has 0 aliphatic heterocycles. The molecule has 1 heterocycles. The van der Waals surface area contributed by atoms with Crippen molar-refractivity contribution in [2.24, 2.45) is 7.05 Å². The van der Waals surface area contributed by atoms with E-state index in [1.54, 1.807) is 11.7 Å². The van der Waals surface area contributed by atoms with Gasteiger partial charge in [0.25, 0.3) is 0 Å². The molecule has 1 aromatic heterocycles. The Morgan fingerprint density at radius 3 is 2.68 bits per heavy atom. The van der Waals surface area contributed by atoms with Gasteiger partial charge in [-0.05, 0) is 19.1 Å². The number of hydrogen-bond acceptors (Lipinski definition) is 4. The summed E-state index contributed by atoms with van der Waals surface area (Å²) < 4.78 is 20.3. The number of hydrogen-bond donors (Lipinski definition) is 2. The Balaban J connectivity index is 2.19. The highest BCUT2D eigenvalue weighted by Crippen LogP contribution is 2.13. The first-order valence-corrected chi connectivity index (χ1v) is 5.75. The van der Waals surface area contributed by atoms with E-state index in [0.717, 1.165) is 23.5 Å². The summed E-state index contributed by atoms with van der Waals surface area (Å²) in [4.78, 5) is 0. The largest absolute Gasteiger partial charge is 0.492 e.